The average molecular weight is 126 g/mol. The number of hydrogen-bond donors (Lipinski definition) is 2. The van der Waals surface area contributed by atoms with Crippen LogP contribution >= 0.6 is 0 Å². The highest BCUT2D eigenvalue weighted by Crippen LogP contribution is 2.15. The zero-order valence-electron chi connectivity index (χ0n) is 5.85. The molecule has 0 spiro atoms. The fourth-order valence-electron chi connectivity index (χ4n) is 1.12. The van der Waals surface area contributed by atoms with E-state index in [1.165, 1.54) is 5.57 Å². The molecule has 1 aliphatic heterocycles. The molecule has 1 aliphatic rings. The Morgan fingerprint density at radius 3 is 2.89 bits per heavy atom. The van der Waals surface area contributed by atoms with Crippen LogP contribution in [0.4, 0.5) is 0 Å². The van der Waals surface area contributed by atoms with Crippen LogP contribution in [0.3, 0.4) is 0 Å². The summed E-state index contributed by atoms with van der Waals surface area (Å²) in [5.41, 5.74) is 6.96. The van der Waals surface area contributed by atoms with Crippen LogP contribution < -0.4 is 11.1 Å². The van der Waals surface area contributed by atoms with Gasteiger partial charge in [-0.1, -0.05) is 19.1 Å². The van der Waals surface area contributed by atoms with E-state index in [-0.39, 0.29) is 6.17 Å². The quantitative estimate of drug-likeness (QED) is 0.463. The maximum Gasteiger partial charge on any atom is 0.0578 e. The second kappa shape index (κ2) is 2.50. The lowest BCUT2D eigenvalue weighted by Gasteiger charge is -2.27. The van der Waals surface area contributed by atoms with Crippen LogP contribution in [0.15, 0.2) is 12.2 Å². The molecule has 1 rings (SSSR count). The predicted octanol–water partition coefficient (Wildman–Crippen LogP) is 0.457. The molecule has 2 atom stereocenters. The van der Waals surface area contributed by atoms with Crippen LogP contribution in [-0.4, -0.2) is 12.7 Å². The van der Waals surface area contributed by atoms with Crippen molar-refractivity contribution < 1.29 is 0 Å². The minimum atomic E-state index is 0.176. The molecule has 52 valence electrons. The standard InChI is InChI=1S/C7H14N2/c1-5-3-6(2)7(8)9-4-5/h6-7,9H,1,3-4,8H2,2H3. The van der Waals surface area contributed by atoms with E-state index in [2.05, 4.69) is 18.8 Å². The van der Waals surface area contributed by atoms with Crippen molar-refractivity contribution in [2.45, 2.75) is 19.5 Å². The molecule has 1 saturated heterocycles. The Labute approximate surface area is 56.1 Å². The van der Waals surface area contributed by atoms with Crippen molar-refractivity contribution in [3.63, 3.8) is 0 Å². The van der Waals surface area contributed by atoms with Crippen LogP contribution in [0.25, 0.3) is 0 Å². The van der Waals surface area contributed by atoms with E-state index < -0.39 is 0 Å². The Morgan fingerprint density at radius 2 is 2.44 bits per heavy atom. The lowest BCUT2D eigenvalue weighted by atomic mass is 9.95. The Bertz CT molecular complexity index is 120. The van der Waals surface area contributed by atoms with E-state index in [9.17, 15) is 0 Å². The van der Waals surface area contributed by atoms with Crippen molar-refractivity contribution in [2.24, 2.45) is 11.7 Å². The summed E-state index contributed by atoms with van der Waals surface area (Å²) in [4.78, 5) is 0. The van der Waals surface area contributed by atoms with Gasteiger partial charge in [-0.2, -0.15) is 0 Å². The van der Waals surface area contributed by atoms with Crippen molar-refractivity contribution in [3.8, 4) is 0 Å². The van der Waals surface area contributed by atoms with E-state index in [4.69, 9.17) is 5.73 Å². The van der Waals surface area contributed by atoms with Gasteiger partial charge in [0.2, 0.25) is 0 Å². The SMILES string of the molecule is C=C1CNC(N)C(C)C1. The second-order valence-corrected chi connectivity index (χ2v) is 2.84. The molecule has 3 N–H and O–H groups in total. The molecular formula is C7H14N2. The summed E-state index contributed by atoms with van der Waals surface area (Å²) in [6.45, 7) is 6.92. The zero-order chi connectivity index (χ0) is 6.85. The highest BCUT2D eigenvalue weighted by atomic mass is 15.0. The molecule has 2 nitrogen and oxygen atoms in total. The Balaban J connectivity index is 2.44. The van der Waals surface area contributed by atoms with Crippen molar-refractivity contribution in [2.75, 3.05) is 6.54 Å². The molecule has 0 aromatic rings. The molecular weight excluding hydrogens is 112 g/mol. The molecule has 0 bridgehead atoms. The maximum absolute atomic E-state index is 5.69. The fraction of sp³-hybridized carbons (Fsp3) is 0.714. The summed E-state index contributed by atoms with van der Waals surface area (Å²) in [6, 6.07) is 0. The van der Waals surface area contributed by atoms with Gasteiger partial charge >= 0.3 is 0 Å². The van der Waals surface area contributed by atoms with Crippen LogP contribution in [0, 0.1) is 5.92 Å². The van der Waals surface area contributed by atoms with Gasteiger partial charge in [-0.15, -0.1) is 0 Å². The van der Waals surface area contributed by atoms with Gasteiger partial charge in [0, 0.05) is 6.54 Å². The zero-order valence-corrected chi connectivity index (χ0v) is 5.85. The number of nitrogens with one attached hydrogen (secondary N) is 1. The lowest BCUT2D eigenvalue weighted by molar-refractivity contribution is 0.354. The molecule has 1 fully saturated rings. The highest BCUT2D eigenvalue weighted by molar-refractivity contribution is 5.03. The molecule has 0 aliphatic carbocycles. The van der Waals surface area contributed by atoms with E-state index in [1.54, 1.807) is 0 Å². The third-order valence-electron chi connectivity index (χ3n) is 1.81. The van der Waals surface area contributed by atoms with Gasteiger partial charge < -0.3 is 5.73 Å². The molecule has 0 aromatic carbocycles. The first-order valence-corrected chi connectivity index (χ1v) is 3.36. The van der Waals surface area contributed by atoms with Gasteiger partial charge in [0.1, 0.15) is 0 Å². The van der Waals surface area contributed by atoms with Gasteiger partial charge in [0.05, 0.1) is 6.17 Å². The van der Waals surface area contributed by atoms with E-state index in [1.807, 2.05) is 0 Å². The fourth-order valence-corrected chi connectivity index (χ4v) is 1.12. The Kier molecular flexibility index (Phi) is 1.88. The minimum absolute atomic E-state index is 0.176. The summed E-state index contributed by atoms with van der Waals surface area (Å²) in [5.74, 6) is 0.547. The Morgan fingerprint density at radius 1 is 1.78 bits per heavy atom. The average Bonchev–Trinajstić information content (AvgIpc) is 1.80. The van der Waals surface area contributed by atoms with Crippen LogP contribution in [-0.2, 0) is 0 Å². The first kappa shape index (κ1) is 6.78. The van der Waals surface area contributed by atoms with Gasteiger partial charge in [-0.25, -0.2) is 0 Å². The molecule has 9 heavy (non-hydrogen) atoms. The van der Waals surface area contributed by atoms with Crippen molar-refractivity contribution in [1.29, 1.82) is 0 Å². The molecule has 2 heteroatoms. The number of nitrogens with two attached hydrogens (primary N) is 1. The van der Waals surface area contributed by atoms with E-state index in [0.717, 1.165) is 13.0 Å². The molecule has 0 radical (unpaired) electrons. The summed E-state index contributed by atoms with van der Waals surface area (Å²) in [5, 5.41) is 3.16. The van der Waals surface area contributed by atoms with Crippen molar-refractivity contribution >= 4 is 0 Å². The Hall–Kier alpha value is -0.340. The van der Waals surface area contributed by atoms with Crippen molar-refractivity contribution in [3.05, 3.63) is 12.2 Å². The summed E-state index contributed by atoms with van der Waals surface area (Å²) in [7, 11) is 0. The summed E-state index contributed by atoms with van der Waals surface area (Å²) >= 11 is 0. The largest absolute Gasteiger partial charge is 0.316 e. The van der Waals surface area contributed by atoms with Gasteiger partial charge in [0.25, 0.3) is 0 Å². The monoisotopic (exact) mass is 126 g/mol. The van der Waals surface area contributed by atoms with Gasteiger partial charge in [0.15, 0.2) is 0 Å². The first-order chi connectivity index (χ1) is 4.20. The lowest BCUT2D eigenvalue weighted by Crippen LogP contribution is -2.47. The summed E-state index contributed by atoms with van der Waals surface area (Å²) in [6.07, 6.45) is 1.25. The normalized spacial score (nSPS) is 36.9. The smallest absolute Gasteiger partial charge is 0.0578 e. The van der Waals surface area contributed by atoms with E-state index in [0.29, 0.717) is 5.92 Å². The summed E-state index contributed by atoms with van der Waals surface area (Å²) < 4.78 is 0. The number of piperidine rings is 1. The predicted molar refractivity (Wildman–Crippen MR) is 38.9 cm³/mol. The minimum Gasteiger partial charge on any atom is -0.316 e. The van der Waals surface area contributed by atoms with Crippen LogP contribution in [0.2, 0.25) is 0 Å². The van der Waals surface area contributed by atoms with Crippen molar-refractivity contribution in [1.82, 2.24) is 5.32 Å². The second-order valence-electron chi connectivity index (χ2n) is 2.84. The third-order valence-corrected chi connectivity index (χ3v) is 1.81. The molecule has 1 heterocycles. The topological polar surface area (TPSA) is 38.0 Å². The molecule has 2 unspecified atom stereocenters. The highest BCUT2D eigenvalue weighted by Gasteiger charge is 2.17. The van der Waals surface area contributed by atoms with Gasteiger partial charge in [-0.3, -0.25) is 5.32 Å². The molecule has 0 saturated carbocycles. The van der Waals surface area contributed by atoms with Crippen LogP contribution in [0.1, 0.15) is 13.3 Å². The maximum atomic E-state index is 5.69. The number of hydrogen-bond acceptors (Lipinski definition) is 2. The number of rotatable bonds is 0. The van der Waals surface area contributed by atoms with Gasteiger partial charge in [-0.05, 0) is 12.3 Å². The van der Waals surface area contributed by atoms with E-state index >= 15 is 0 Å². The first-order valence-electron chi connectivity index (χ1n) is 3.36. The molecule has 0 amide bonds. The third kappa shape index (κ3) is 1.53. The molecule has 0 aromatic heterocycles. The van der Waals surface area contributed by atoms with Crippen LogP contribution in [0.5, 0.6) is 0 Å².